The van der Waals surface area contributed by atoms with Crippen LogP contribution in [-0.2, 0) is 0 Å². The highest BCUT2D eigenvalue weighted by molar-refractivity contribution is 5.57. The van der Waals surface area contributed by atoms with Gasteiger partial charge in [-0.2, -0.15) is 0 Å². The van der Waals surface area contributed by atoms with E-state index in [1.807, 2.05) is 6.34 Å². The van der Waals surface area contributed by atoms with Gasteiger partial charge in [0.2, 0.25) is 0 Å². The largest absolute Gasteiger partial charge is 0.357 e. The van der Waals surface area contributed by atoms with Gasteiger partial charge in [0.15, 0.2) is 0 Å². The molecule has 3 nitrogen and oxygen atoms in total. The molecule has 0 aromatic carbocycles. The number of rotatable bonds is 16. The number of unbranched alkanes of at least 4 members (excludes halogenated alkanes) is 8. The first-order valence-electron chi connectivity index (χ1n) is 10.6. The van der Waals surface area contributed by atoms with Gasteiger partial charge in [0.25, 0.3) is 0 Å². The summed E-state index contributed by atoms with van der Waals surface area (Å²) in [5.74, 6) is 0. The van der Waals surface area contributed by atoms with E-state index < -0.39 is 0 Å². The van der Waals surface area contributed by atoms with Gasteiger partial charge in [-0.15, -0.1) is 0 Å². The Hall–Kier alpha value is -1.09. The van der Waals surface area contributed by atoms with E-state index in [0.29, 0.717) is 6.04 Å². The third-order valence-corrected chi connectivity index (χ3v) is 4.95. The molecule has 0 radical (unpaired) electrons. The highest BCUT2D eigenvalue weighted by atomic mass is 15.2. The van der Waals surface area contributed by atoms with E-state index in [2.05, 4.69) is 41.1 Å². The molecular weight excluding hydrogens is 306 g/mol. The molecule has 0 amide bonds. The van der Waals surface area contributed by atoms with Crippen LogP contribution in [0.5, 0.6) is 0 Å². The molecule has 1 rings (SSSR count). The molecule has 1 aliphatic heterocycles. The summed E-state index contributed by atoms with van der Waals surface area (Å²) >= 11 is 0. The third kappa shape index (κ3) is 12.0. The number of hydrogen-bond donors (Lipinski definition) is 1. The van der Waals surface area contributed by atoms with Gasteiger partial charge in [-0.25, -0.2) is 0 Å². The molecule has 0 fully saturated rings. The molecule has 0 aliphatic carbocycles. The predicted octanol–water partition coefficient (Wildman–Crippen LogP) is 5.47. The van der Waals surface area contributed by atoms with Gasteiger partial charge in [-0.05, 0) is 38.5 Å². The van der Waals surface area contributed by atoms with Crippen molar-refractivity contribution >= 4 is 6.34 Å². The Kier molecular flexibility index (Phi) is 14.4. The Balaban J connectivity index is 1.86. The minimum atomic E-state index is 0.504. The molecule has 1 atom stereocenters. The maximum atomic E-state index is 5.90. The molecule has 0 saturated heterocycles. The molecule has 25 heavy (non-hydrogen) atoms. The molecule has 0 spiro atoms. The van der Waals surface area contributed by atoms with Crippen molar-refractivity contribution in [2.24, 2.45) is 10.7 Å². The third-order valence-electron chi connectivity index (χ3n) is 4.95. The number of nitrogens with zero attached hydrogens (tertiary/aromatic N) is 2. The van der Waals surface area contributed by atoms with Crippen molar-refractivity contribution in [1.29, 1.82) is 0 Å². The van der Waals surface area contributed by atoms with E-state index in [1.54, 1.807) is 0 Å². The van der Waals surface area contributed by atoms with Gasteiger partial charge in [-0.1, -0.05) is 69.8 Å². The van der Waals surface area contributed by atoms with E-state index in [9.17, 15) is 0 Å². The lowest BCUT2D eigenvalue weighted by Crippen LogP contribution is -2.38. The molecular formula is C22H41N3. The van der Waals surface area contributed by atoms with Gasteiger partial charge >= 0.3 is 0 Å². The van der Waals surface area contributed by atoms with Crippen molar-refractivity contribution < 1.29 is 0 Å². The number of nitrogens with two attached hydrogens (primary N) is 1. The highest BCUT2D eigenvalue weighted by Gasteiger charge is 2.15. The number of aliphatic imine (C=N–C) groups is 1. The molecule has 0 aromatic rings. The van der Waals surface area contributed by atoms with Crippen LogP contribution in [-0.4, -0.2) is 36.9 Å². The zero-order chi connectivity index (χ0) is 18.0. The molecule has 1 unspecified atom stereocenters. The van der Waals surface area contributed by atoms with Gasteiger partial charge in [0.05, 0.1) is 12.9 Å². The Bertz CT molecular complexity index is 373. The second-order valence-electron chi connectivity index (χ2n) is 7.17. The molecule has 1 heterocycles. The van der Waals surface area contributed by atoms with Crippen molar-refractivity contribution in [2.45, 2.75) is 90.0 Å². The lowest BCUT2D eigenvalue weighted by Gasteiger charge is -2.25. The first kappa shape index (κ1) is 22.0. The number of hydrogen-bond acceptors (Lipinski definition) is 3. The Morgan fingerprint density at radius 2 is 1.64 bits per heavy atom. The van der Waals surface area contributed by atoms with E-state index in [0.717, 1.165) is 26.1 Å². The summed E-state index contributed by atoms with van der Waals surface area (Å²) in [6.45, 7) is 5.01. The van der Waals surface area contributed by atoms with Crippen LogP contribution in [0.3, 0.4) is 0 Å². The summed E-state index contributed by atoms with van der Waals surface area (Å²) in [6, 6.07) is 0.504. The lowest BCUT2D eigenvalue weighted by molar-refractivity contribution is 0.321. The van der Waals surface area contributed by atoms with Gasteiger partial charge in [0.1, 0.15) is 0 Å². The molecule has 0 saturated carbocycles. The van der Waals surface area contributed by atoms with Crippen LogP contribution >= 0.6 is 0 Å². The van der Waals surface area contributed by atoms with Crippen LogP contribution in [0.4, 0.5) is 0 Å². The van der Waals surface area contributed by atoms with Crippen molar-refractivity contribution in [2.75, 3.05) is 19.6 Å². The normalized spacial score (nSPS) is 15.8. The van der Waals surface area contributed by atoms with Crippen LogP contribution in [0.2, 0.25) is 0 Å². The monoisotopic (exact) mass is 347 g/mol. The van der Waals surface area contributed by atoms with E-state index in [1.165, 1.54) is 70.6 Å². The van der Waals surface area contributed by atoms with Gasteiger partial charge in [0, 0.05) is 19.1 Å². The van der Waals surface area contributed by atoms with Gasteiger partial charge < -0.3 is 10.6 Å². The molecule has 2 N–H and O–H groups in total. The summed E-state index contributed by atoms with van der Waals surface area (Å²) in [5.41, 5.74) is 5.90. The minimum Gasteiger partial charge on any atom is -0.357 e. The van der Waals surface area contributed by atoms with Crippen LogP contribution in [0.25, 0.3) is 0 Å². The van der Waals surface area contributed by atoms with E-state index in [-0.39, 0.29) is 0 Å². The molecule has 1 aliphatic rings. The summed E-state index contributed by atoms with van der Waals surface area (Å²) < 4.78 is 0. The summed E-state index contributed by atoms with van der Waals surface area (Å²) in [4.78, 5) is 6.61. The minimum absolute atomic E-state index is 0.504. The van der Waals surface area contributed by atoms with E-state index in [4.69, 9.17) is 5.73 Å². The average Bonchev–Trinajstić information content (AvgIpc) is 3.16. The lowest BCUT2D eigenvalue weighted by atomic mass is 10.0. The van der Waals surface area contributed by atoms with Gasteiger partial charge in [-0.3, -0.25) is 4.99 Å². The fourth-order valence-electron chi connectivity index (χ4n) is 3.28. The average molecular weight is 348 g/mol. The fraction of sp³-hybridized carbons (Fsp3) is 0.773. The number of allylic oxidation sites excluding steroid dienone is 4. The zero-order valence-electron chi connectivity index (χ0n) is 16.5. The predicted molar refractivity (Wildman–Crippen MR) is 112 cm³/mol. The van der Waals surface area contributed by atoms with Crippen LogP contribution < -0.4 is 5.73 Å². The first-order valence-corrected chi connectivity index (χ1v) is 10.6. The molecule has 0 aromatic heterocycles. The molecule has 3 heteroatoms. The molecule has 0 bridgehead atoms. The van der Waals surface area contributed by atoms with E-state index >= 15 is 0 Å². The Labute approximate surface area is 156 Å². The quantitative estimate of drug-likeness (QED) is 0.297. The smallest absolute Gasteiger partial charge is 0.0854 e. The topological polar surface area (TPSA) is 41.6 Å². The maximum Gasteiger partial charge on any atom is 0.0854 e. The van der Waals surface area contributed by atoms with Crippen molar-refractivity contribution in [3.05, 3.63) is 24.3 Å². The SMILES string of the molecule is CCCCC/C=C/C/C=C/CCCCCCCC(CN)N1C=NCC1. The second-order valence-corrected chi connectivity index (χ2v) is 7.17. The Morgan fingerprint density at radius 3 is 2.28 bits per heavy atom. The van der Waals surface area contributed by atoms with Crippen LogP contribution in [0.15, 0.2) is 29.3 Å². The second kappa shape index (κ2) is 16.4. The summed E-state index contributed by atoms with van der Waals surface area (Å²) in [6.07, 6.45) is 26.8. The standard InChI is InChI=1S/C22H41N3/c1-2-3-4-5-6-7-8-9-10-11-12-13-14-15-16-17-22(20-23)25-19-18-24-21-25/h6-7,9-10,21-22H,2-5,8,11-20,23H2,1H3/b7-6+,10-9+. The first-order chi connectivity index (χ1) is 12.4. The van der Waals surface area contributed by atoms with Crippen molar-refractivity contribution in [1.82, 2.24) is 4.90 Å². The highest BCUT2D eigenvalue weighted by Crippen LogP contribution is 2.13. The van der Waals surface area contributed by atoms with Crippen molar-refractivity contribution in [3.8, 4) is 0 Å². The molecule has 144 valence electrons. The van der Waals surface area contributed by atoms with Crippen molar-refractivity contribution in [3.63, 3.8) is 0 Å². The maximum absolute atomic E-state index is 5.90. The Morgan fingerprint density at radius 1 is 0.960 bits per heavy atom. The fourth-order valence-corrected chi connectivity index (χ4v) is 3.28. The van der Waals surface area contributed by atoms with Crippen LogP contribution in [0, 0.1) is 0 Å². The summed E-state index contributed by atoms with van der Waals surface area (Å²) in [5, 5.41) is 0. The zero-order valence-corrected chi connectivity index (χ0v) is 16.5. The summed E-state index contributed by atoms with van der Waals surface area (Å²) in [7, 11) is 0. The van der Waals surface area contributed by atoms with Crippen LogP contribution in [0.1, 0.15) is 84.0 Å².